The van der Waals surface area contributed by atoms with Gasteiger partial charge in [0.15, 0.2) is 5.96 Å². The van der Waals surface area contributed by atoms with Crippen LogP contribution < -0.4 is 10.6 Å². The average molecular weight is 334 g/mol. The molecule has 0 unspecified atom stereocenters. The molecule has 5 nitrogen and oxygen atoms in total. The number of nitrogens with zero attached hydrogens (tertiary/aromatic N) is 3. The van der Waals surface area contributed by atoms with E-state index >= 15 is 0 Å². The zero-order valence-corrected chi connectivity index (χ0v) is 14.9. The fourth-order valence-corrected chi connectivity index (χ4v) is 2.80. The smallest absolute Gasteiger partial charge is 0.191 e. The molecule has 0 aliphatic heterocycles. The van der Waals surface area contributed by atoms with Crippen molar-refractivity contribution >= 4 is 23.4 Å². The van der Waals surface area contributed by atoms with Crippen LogP contribution in [0, 0.1) is 0 Å². The summed E-state index contributed by atoms with van der Waals surface area (Å²) in [4.78, 5) is 9.23. The van der Waals surface area contributed by atoms with Gasteiger partial charge in [-0.2, -0.15) is 11.8 Å². The van der Waals surface area contributed by atoms with Gasteiger partial charge in [0.2, 0.25) is 0 Å². The first-order valence-corrected chi connectivity index (χ1v) is 9.66. The molecule has 126 valence electrons. The monoisotopic (exact) mass is 333 g/mol. The van der Waals surface area contributed by atoms with Gasteiger partial charge in [-0.25, -0.2) is 4.98 Å². The van der Waals surface area contributed by atoms with E-state index in [1.165, 1.54) is 12.2 Å². The van der Waals surface area contributed by atoms with Crippen LogP contribution in [0.15, 0.2) is 35.6 Å². The van der Waals surface area contributed by atoms with Gasteiger partial charge in [0.25, 0.3) is 0 Å². The maximum atomic E-state index is 4.62. The van der Waals surface area contributed by atoms with Gasteiger partial charge in [0, 0.05) is 38.4 Å². The van der Waals surface area contributed by atoms with Gasteiger partial charge < -0.3 is 15.0 Å². The number of aliphatic imine (C=N–C) groups is 1. The lowest BCUT2D eigenvalue weighted by Gasteiger charge is -2.10. The molecule has 0 amide bonds. The summed E-state index contributed by atoms with van der Waals surface area (Å²) in [5.74, 6) is 2.12. The predicted octanol–water partition coefficient (Wildman–Crippen LogP) is 2.58. The van der Waals surface area contributed by atoms with Gasteiger partial charge in [-0.15, -0.1) is 0 Å². The summed E-state index contributed by atoms with van der Waals surface area (Å²) in [6, 6.07) is 6.05. The summed E-state index contributed by atoms with van der Waals surface area (Å²) in [6.45, 7) is 4.68. The molecule has 2 N–H and O–H groups in total. The molecule has 6 heteroatoms. The number of thioether (sulfide) groups is 1. The first-order valence-electron chi connectivity index (χ1n) is 8.27. The van der Waals surface area contributed by atoms with Gasteiger partial charge in [0.05, 0.1) is 5.69 Å². The second-order valence-corrected chi connectivity index (χ2v) is 6.32. The Bertz CT molecular complexity index is 575. The molecular weight excluding hydrogens is 306 g/mol. The second kappa shape index (κ2) is 10.2. The van der Waals surface area contributed by atoms with Crippen molar-refractivity contribution in [2.45, 2.75) is 26.2 Å². The highest BCUT2D eigenvalue weighted by molar-refractivity contribution is 7.98. The largest absolute Gasteiger partial charge is 0.357 e. The van der Waals surface area contributed by atoms with E-state index in [0.717, 1.165) is 49.8 Å². The normalized spacial score (nSPS) is 11.8. The maximum absolute atomic E-state index is 4.62. The van der Waals surface area contributed by atoms with Crippen LogP contribution >= 0.6 is 11.8 Å². The molecule has 0 radical (unpaired) electrons. The first-order chi connectivity index (χ1) is 11.3. The SMILES string of the molecule is CCNC(=NCCCCSC)NCCc1cn2ccccc2n1. The third-order valence-electron chi connectivity index (χ3n) is 3.46. The molecule has 0 atom stereocenters. The zero-order chi connectivity index (χ0) is 16.3. The topological polar surface area (TPSA) is 53.7 Å². The number of fused-ring (bicyclic) bond motifs is 1. The van der Waals surface area contributed by atoms with Crippen molar-refractivity contribution < 1.29 is 0 Å². The summed E-state index contributed by atoms with van der Waals surface area (Å²) in [7, 11) is 0. The molecule has 2 heterocycles. The molecule has 0 fully saturated rings. The Balaban J connectivity index is 1.77. The molecular formula is C17H27N5S. The van der Waals surface area contributed by atoms with E-state index in [9.17, 15) is 0 Å². The van der Waals surface area contributed by atoms with Gasteiger partial charge in [-0.3, -0.25) is 4.99 Å². The highest BCUT2D eigenvalue weighted by Gasteiger charge is 2.02. The van der Waals surface area contributed by atoms with Crippen LogP contribution in [0.25, 0.3) is 5.65 Å². The van der Waals surface area contributed by atoms with Crippen LogP contribution in [0.3, 0.4) is 0 Å². The fraction of sp³-hybridized carbons (Fsp3) is 0.529. The fourth-order valence-electron chi connectivity index (χ4n) is 2.31. The van der Waals surface area contributed by atoms with Crippen LogP contribution in [0.2, 0.25) is 0 Å². The van der Waals surface area contributed by atoms with Crippen molar-refractivity contribution in [1.82, 2.24) is 20.0 Å². The number of hydrogen-bond donors (Lipinski definition) is 2. The van der Waals surface area contributed by atoms with E-state index in [1.54, 1.807) is 0 Å². The third kappa shape index (κ3) is 6.14. The predicted molar refractivity (Wildman–Crippen MR) is 100 cm³/mol. The van der Waals surface area contributed by atoms with Crippen molar-refractivity contribution in [3.8, 4) is 0 Å². The van der Waals surface area contributed by atoms with E-state index in [4.69, 9.17) is 0 Å². The Morgan fingerprint density at radius 1 is 1.30 bits per heavy atom. The van der Waals surface area contributed by atoms with E-state index < -0.39 is 0 Å². The first kappa shape index (κ1) is 17.7. The Morgan fingerprint density at radius 3 is 3.00 bits per heavy atom. The number of rotatable bonds is 9. The number of unbranched alkanes of at least 4 members (excludes halogenated alkanes) is 1. The quantitative estimate of drug-likeness (QED) is 0.421. The number of hydrogen-bond acceptors (Lipinski definition) is 3. The van der Waals surface area contributed by atoms with E-state index in [1.807, 2.05) is 36.2 Å². The molecule has 0 spiro atoms. The van der Waals surface area contributed by atoms with E-state index in [-0.39, 0.29) is 0 Å². The number of pyridine rings is 1. The van der Waals surface area contributed by atoms with Crippen LogP contribution in [-0.2, 0) is 6.42 Å². The molecule has 0 bridgehead atoms. The highest BCUT2D eigenvalue weighted by atomic mass is 32.2. The highest BCUT2D eigenvalue weighted by Crippen LogP contribution is 2.04. The van der Waals surface area contributed by atoms with Crippen molar-refractivity contribution in [1.29, 1.82) is 0 Å². The molecule has 0 saturated heterocycles. The van der Waals surface area contributed by atoms with Gasteiger partial charge in [-0.1, -0.05) is 6.07 Å². The Hall–Kier alpha value is -1.69. The molecule has 0 aromatic carbocycles. The summed E-state index contributed by atoms with van der Waals surface area (Å²) in [6.07, 6.45) is 9.52. The minimum atomic E-state index is 0.834. The molecule has 2 aromatic heterocycles. The standard InChI is InChI=1S/C17H27N5S/c1-3-18-17(19-10-5-7-13-23-2)20-11-9-15-14-22-12-6-4-8-16(22)21-15/h4,6,8,12,14H,3,5,7,9-11,13H2,1-2H3,(H2,18,19,20). The summed E-state index contributed by atoms with van der Waals surface area (Å²) in [5, 5.41) is 6.68. The molecule has 0 aliphatic carbocycles. The molecule has 23 heavy (non-hydrogen) atoms. The lowest BCUT2D eigenvalue weighted by Crippen LogP contribution is -2.38. The van der Waals surface area contributed by atoms with Gasteiger partial charge in [0.1, 0.15) is 5.65 Å². The average Bonchev–Trinajstić information content (AvgIpc) is 2.97. The maximum Gasteiger partial charge on any atom is 0.191 e. The van der Waals surface area contributed by atoms with Crippen LogP contribution in [-0.4, -0.2) is 47.0 Å². The van der Waals surface area contributed by atoms with Crippen molar-refractivity contribution in [2.75, 3.05) is 31.6 Å². The summed E-state index contributed by atoms with van der Waals surface area (Å²) < 4.78 is 2.06. The molecule has 0 aliphatic rings. The Kier molecular flexibility index (Phi) is 7.80. The number of imidazole rings is 1. The molecule has 2 aromatic rings. The van der Waals surface area contributed by atoms with Gasteiger partial charge >= 0.3 is 0 Å². The number of aromatic nitrogens is 2. The number of nitrogens with one attached hydrogen (secondary N) is 2. The minimum Gasteiger partial charge on any atom is -0.357 e. The summed E-state index contributed by atoms with van der Waals surface area (Å²) in [5.41, 5.74) is 2.09. The Labute approximate surface area is 143 Å². The number of guanidine groups is 1. The van der Waals surface area contributed by atoms with Crippen molar-refractivity contribution in [3.05, 3.63) is 36.3 Å². The summed E-state index contributed by atoms with van der Waals surface area (Å²) >= 11 is 1.90. The molecule has 2 rings (SSSR count). The molecule has 0 saturated carbocycles. The second-order valence-electron chi connectivity index (χ2n) is 5.34. The van der Waals surface area contributed by atoms with Crippen molar-refractivity contribution in [2.24, 2.45) is 4.99 Å². The van der Waals surface area contributed by atoms with Crippen LogP contribution in [0.4, 0.5) is 0 Å². The lowest BCUT2D eigenvalue weighted by atomic mass is 10.3. The van der Waals surface area contributed by atoms with E-state index in [2.05, 4.69) is 44.4 Å². The van der Waals surface area contributed by atoms with Crippen LogP contribution in [0.1, 0.15) is 25.5 Å². The lowest BCUT2D eigenvalue weighted by molar-refractivity contribution is 0.767. The Morgan fingerprint density at radius 2 is 2.22 bits per heavy atom. The van der Waals surface area contributed by atoms with Crippen molar-refractivity contribution in [3.63, 3.8) is 0 Å². The third-order valence-corrected chi connectivity index (χ3v) is 4.16. The van der Waals surface area contributed by atoms with Gasteiger partial charge in [-0.05, 0) is 43.9 Å². The zero-order valence-electron chi connectivity index (χ0n) is 14.1. The van der Waals surface area contributed by atoms with Crippen LogP contribution in [0.5, 0.6) is 0 Å². The van der Waals surface area contributed by atoms with E-state index in [0.29, 0.717) is 0 Å². The minimum absolute atomic E-state index is 0.834.